The average Bonchev–Trinajstić information content (AvgIpc) is 3.02. The van der Waals surface area contributed by atoms with Crippen LogP contribution >= 0.6 is 11.8 Å². The molecule has 0 bridgehead atoms. The predicted octanol–water partition coefficient (Wildman–Crippen LogP) is 3.34. The van der Waals surface area contributed by atoms with Crippen molar-refractivity contribution in [2.24, 2.45) is 10.9 Å². The van der Waals surface area contributed by atoms with E-state index in [-0.39, 0.29) is 34.6 Å². The number of amidine groups is 1. The lowest BCUT2D eigenvalue weighted by Gasteiger charge is -2.27. The van der Waals surface area contributed by atoms with Gasteiger partial charge in [0.25, 0.3) is 5.91 Å². The lowest BCUT2D eigenvalue weighted by Crippen LogP contribution is -2.38. The third-order valence-electron chi connectivity index (χ3n) is 5.44. The quantitative estimate of drug-likeness (QED) is 0.783. The number of nitrogens with zero attached hydrogens (tertiary/aromatic N) is 2. The van der Waals surface area contributed by atoms with Crippen molar-refractivity contribution >= 4 is 38.4 Å². The first-order valence-electron chi connectivity index (χ1n) is 9.12. The van der Waals surface area contributed by atoms with Crippen molar-refractivity contribution in [2.75, 3.05) is 16.4 Å². The minimum atomic E-state index is -3.05. The highest BCUT2D eigenvalue weighted by molar-refractivity contribution is 8.16. The summed E-state index contributed by atoms with van der Waals surface area (Å²) in [5, 5.41) is 0.591. The van der Waals surface area contributed by atoms with E-state index in [9.17, 15) is 13.2 Å². The van der Waals surface area contributed by atoms with Gasteiger partial charge in [-0.1, -0.05) is 37.7 Å². The van der Waals surface area contributed by atoms with Crippen LogP contribution < -0.4 is 4.90 Å². The molecule has 0 radical (unpaired) electrons. The molecule has 26 heavy (non-hydrogen) atoms. The Balaban J connectivity index is 2.04. The largest absolute Gasteiger partial charge is 0.315 e. The van der Waals surface area contributed by atoms with Crippen molar-refractivity contribution in [3.63, 3.8) is 0 Å². The van der Waals surface area contributed by atoms with Crippen molar-refractivity contribution in [3.8, 4) is 0 Å². The molecular formula is C19H26N2O3S2. The zero-order valence-corrected chi connectivity index (χ0v) is 17.4. The van der Waals surface area contributed by atoms with Crippen LogP contribution in [0.2, 0.25) is 0 Å². The molecule has 2 saturated heterocycles. The molecule has 0 aliphatic carbocycles. The van der Waals surface area contributed by atoms with E-state index in [0.29, 0.717) is 5.17 Å². The van der Waals surface area contributed by atoms with Crippen LogP contribution in [0.4, 0.5) is 5.69 Å². The zero-order chi connectivity index (χ0) is 19.1. The molecule has 7 heteroatoms. The molecule has 0 saturated carbocycles. The number of hydrogen-bond acceptors (Lipinski definition) is 4. The molecule has 2 aliphatic heterocycles. The first-order valence-corrected chi connectivity index (χ1v) is 11.8. The van der Waals surface area contributed by atoms with E-state index in [0.717, 1.165) is 29.7 Å². The number of aryl methyl sites for hydroxylation is 1. The molecule has 1 amide bonds. The maximum absolute atomic E-state index is 12.6. The number of anilines is 1. The number of thioether (sulfide) groups is 1. The fourth-order valence-corrected chi connectivity index (χ4v) is 7.58. The Kier molecular flexibility index (Phi) is 5.49. The summed E-state index contributed by atoms with van der Waals surface area (Å²) in [6.45, 7) is 8.07. The molecule has 1 aromatic rings. The van der Waals surface area contributed by atoms with Crippen LogP contribution in [0.3, 0.4) is 0 Å². The molecule has 142 valence electrons. The fraction of sp³-hybridized carbons (Fsp3) is 0.579. The molecule has 0 N–H and O–H groups in total. The highest BCUT2D eigenvalue weighted by Crippen LogP contribution is 2.42. The third kappa shape index (κ3) is 3.56. The molecule has 1 aromatic carbocycles. The summed E-state index contributed by atoms with van der Waals surface area (Å²) in [6, 6.07) is 5.85. The number of sulfone groups is 1. The Morgan fingerprint density at radius 1 is 1.27 bits per heavy atom. The van der Waals surface area contributed by atoms with Gasteiger partial charge in [-0.25, -0.2) is 8.42 Å². The second kappa shape index (κ2) is 7.35. The van der Waals surface area contributed by atoms with Gasteiger partial charge in [-0.3, -0.25) is 4.79 Å². The van der Waals surface area contributed by atoms with E-state index in [4.69, 9.17) is 0 Å². The molecule has 0 spiro atoms. The van der Waals surface area contributed by atoms with E-state index >= 15 is 0 Å². The maximum atomic E-state index is 12.6. The van der Waals surface area contributed by atoms with Crippen LogP contribution in [-0.2, 0) is 14.6 Å². The van der Waals surface area contributed by atoms with E-state index in [1.807, 2.05) is 50.8 Å². The van der Waals surface area contributed by atoms with Crippen LogP contribution in [0, 0.1) is 19.8 Å². The van der Waals surface area contributed by atoms with Gasteiger partial charge < -0.3 is 4.90 Å². The molecular weight excluding hydrogens is 368 g/mol. The Morgan fingerprint density at radius 2 is 1.96 bits per heavy atom. The van der Waals surface area contributed by atoms with E-state index in [1.165, 1.54) is 11.8 Å². The topological polar surface area (TPSA) is 66.8 Å². The van der Waals surface area contributed by atoms with E-state index in [2.05, 4.69) is 4.99 Å². The van der Waals surface area contributed by atoms with Crippen molar-refractivity contribution in [3.05, 3.63) is 29.3 Å². The minimum Gasteiger partial charge on any atom is -0.315 e. The second-order valence-corrected chi connectivity index (χ2v) is 10.5. The Morgan fingerprint density at radius 3 is 2.62 bits per heavy atom. The van der Waals surface area contributed by atoms with Gasteiger partial charge in [0, 0.05) is 16.9 Å². The summed E-state index contributed by atoms with van der Waals surface area (Å²) in [5.41, 5.74) is 3.20. The van der Waals surface area contributed by atoms with Gasteiger partial charge in [0.15, 0.2) is 15.0 Å². The van der Waals surface area contributed by atoms with Crippen molar-refractivity contribution < 1.29 is 13.2 Å². The normalized spacial score (nSPS) is 25.9. The number of benzene rings is 1. The van der Waals surface area contributed by atoms with E-state index in [1.54, 1.807) is 0 Å². The van der Waals surface area contributed by atoms with Gasteiger partial charge in [-0.05, 0) is 43.9 Å². The SMILES string of the molecule is CCC(CC)C(=O)N=C1S[C@@H]2CS(=O)(=O)C[C@H]2N1c1cccc(C)c1C. The number of carbonyl (C=O) groups is 1. The third-order valence-corrected chi connectivity index (χ3v) is 8.65. The molecule has 0 aromatic heterocycles. The molecule has 2 fully saturated rings. The van der Waals surface area contributed by atoms with Gasteiger partial charge in [-0.2, -0.15) is 4.99 Å². The summed E-state index contributed by atoms with van der Waals surface area (Å²) >= 11 is 1.44. The van der Waals surface area contributed by atoms with Crippen LogP contribution in [0.15, 0.2) is 23.2 Å². The van der Waals surface area contributed by atoms with Gasteiger partial charge >= 0.3 is 0 Å². The summed E-state index contributed by atoms with van der Waals surface area (Å²) in [6.07, 6.45) is 1.53. The van der Waals surface area contributed by atoms with Crippen LogP contribution in [0.25, 0.3) is 0 Å². The number of hydrogen-bond donors (Lipinski definition) is 0. The zero-order valence-electron chi connectivity index (χ0n) is 15.7. The second-order valence-electron chi connectivity index (χ2n) is 7.14. The Bertz CT molecular complexity index is 844. The number of rotatable bonds is 4. The van der Waals surface area contributed by atoms with Gasteiger partial charge in [-0.15, -0.1) is 0 Å². The van der Waals surface area contributed by atoms with Gasteiger partial charge in [0.05, 0.1) is 17.5 Å². The van der Waals surface area contributed by atoms with Crippen LogP contribution in [0.5, 0.6) is 0 Å². The molecule has 5 nitrogen and oxygen atoms in total. The number of fused-ring (bicyclic) bond motifs is 1. The van der Waals surface area contributed by atoms with E-state index < -0.39 is 9.84 Å². The monoisotopic (exact) mass is 394 g/mol. The number of carbonyl (C=O) groups excluding carboxylic acids is 1. The highest BCUT2D eigenvalue weighted by Gasteiger charge is 2.49. The average molecular weight is 395 g/mol. The molecule has 3 rings (SSSR count). The van der Waals surface area contributed by atoms with Crippen molar-refractivity contribution in [2.45, 2.75) is 51.8 Å². The molecule has 2 heterocycles. The molecule has 2 atom stereocenters. The summed E-state index contributed by atoms with van der Waals surface area (Å²) < 4.78 is 24.3. The van der Waals surface area contributed by atoms with Crippen molar-refractivity contribution in [1.82, 2.24) is 0 Å². The van der Waals surface area contributed by atoms with Crippen LogP contribution in [-0.4, -0.2) is 42.3 Å². The van der Waals surface area contributed by atoms with Gasteiger partial charge in [0.1, 0.15) is 0 Å². The lowest BCUT2D eigenvalue weighted by molar-refractivity contribution is -0.121. The smallest absolute Gasteiger partial charge is 0.251 e. The first kappa shape index (κ1) is 19.4. The number of aliphatic imine (C=N–C) groups is 1. The van der Waals surface area contributed by atoms with Crippen LogP contribution in [0.1, 0.15) is 37.8 Å². The fourth-order valence-electron chi connectivity index (χ4n) is 3.67. The molecule has 2 aliphatic rings. The summed E-state index contributed by atoms with van der Waals surface area (Å²) in [7, 11) is -3.05. The Labute approximate surface area is 160 Å². The molecule has 0 unspecified atom stereocenters. The minimum absolute atomic E-state index is 0.0619. The predicted molar refractivity (Wildman–Crippen MR) is 109 cm³/mol. The van der Waals surface area contributed by atoms with Crippen molar-refractivity contribution in [1.29, 1.82) is 0 Å². The Hall–Kier alpha value is -1.34. The first-order chi connectivity index (χ1) is 12.3. The lowest BCUT2D eigenvalue weighted by atomic mass is 10.0. The standard InChI is InChI=1S/C19H26N2O3S2/c1-5-14(6-2)18(22)20-19-21(15-9-7-8-12(3)13(15)4)16-10-26(23,24)11-17(16)25-19/h7-9,14,16-17H,5-6,10-11H2,1-4H3/t16-,17-/m1/s1. The number of amides is 1. The highest BCUT2D eigenvalue weighted by atomic mass is 32.2. The van der Waals surface area contributed by atoms with Gasteiger partial charge in [0.2, 0.25) is 0 Å². The summed E-state index contributed by atoms with van der Waals surface area (Å²) in [5.74, 6) is 0.0985. The maximum Gasteiger partial charge on any atom is 0.251 e. The summed E-state index contributed by atoms with van der Waals surface area (Å²) in [4.78, 5) is 19.0.